The molecule has 0 fully saturated rings. The summed E-state index contributed by atoms with van der Waals surface area (Å²) in [5.41, 5.74) is 3.59. The van der Waals surface area contributed by atoms with Crippen LogP contribution in [0.25, 0.3) is 0 Å². The van der Waals surface area contributed by atoms with Crippen molar-refractivity contribution in [2.24, 2.45) is 12.0 Å². The van der Waals surface area contributed by atoms with Gasteiger partial charge in [0.2, 0.25) is 0 Å². The summed E-state index contributed by atoms with van der Waals surface area (Å²) in [5, 5.41) is 19.2. The third-order valence-electron chi connectivity index (χ3n) is 4.29. The maximum atomic E-state index is 4.68. The topological polar surface area (TPSA) is 85.0 Å². The Morgan fingerprint density at radius 3 is 2.62 bits per heavy atom. The molecule has 0 aromatic carbocycles. The van der Waals surface area contributed by atoms with Crippen LogP contribution in [0.15, 0.2) is 11.3 Å². The molecule has 0 amide bonds. The Kier molecular flexibility index (Phi) is 9.60. The van der Waals surface area contributed by atoms with Gasteiger partial charge < -0.3 is 15.2 Å². The van der Waals surface area contributed by atoms with Gasteiger partial charge in [0.1, 0.15) is 12.2 Å². The van der Waals surface area contributed by atoms with Gasteiger partial charge in [0.25, 0.3) is 0 Å². The van der Waals surface area contributed by atoms with E-state index in [0.717, 1.165) is 56.5 Å². The minimum Gasteiger partial charge on any atom is -0.357 e. The summed E-state index contributed by atoms with van der Waals surface area (Å²) < 4.78 is 4.00. The first-order chi connectivity index (χ1) is 12.1. The van der Waals surface area contributed by atoms with E-state index in [1.165, 1.54) is 11.3 Å². The average Bonchev–Trinajstić information content (AvgIpc) is 3.14. The standard InChI is InChI=1S/C17H30N8.HI/c1-6-16-22-21-12-25(16)11-10-20-17(18-7-2)19-9-8-15-13(3)23-24(5)14(15)4;/h12H,6-11H2,1-5H3,(H2,18,19,20);1H. The Bertz CT molecular complexity index is 704. The summed E-state index contributed by atoms with van der Waals surface area (Å²) in [6.45, 7) is 11.5. The van der Waals surface area contributed by atoms with E-state index in [9.17, 15) is 0 Å². The van der Waals surface area contributed by atoms with Crippen molar-refractivity contribution in [2.45, 2.75) is 47.1 Å². The number of halogens is 1. The lowest BCUT2D eigenvalue weighted by molar-refractivity contribution is 0.632. The van der Waals surface area contributed by atoms with Gasteiger partial charge in [-0.2, -0.15) is 5.10 Å². The number of guanidine groups is 1. The zero-order valence-corrected chi connectivity index (χ0v) is 18.7. The Balaban J connectivity index is 0.00000338. The Hall–Kier alpha value is -1.65. The highest BCUT2D eigenvalue weighted by Crippen LogP contribution is 2.12. The van der Waals surface area contributed by atoms with Crippen LogP contribution in [-0.4, -0.2) is 50.1 Å². The van der Waals surface area contributed by atoms with Gasteiger partial charge in [-0.25, -0.2) is 0 Å². The van der Waals surface area contributed by atoms with E-state index in [2.05, 4.69) is 63.2 Å². The van der Waals surface area contributed by atoms with Crippen molar-refractivity contribution >= 4 is 29.9 Å². The number of nitrogens with one attached hydrogen (secondary N) is 2. The zero-order valence-electron chi connectivity index (χ0n) is 16.4. The van der Waals surface area contributed by atoms with Gasteiger partial charge in [0.05, 0.1) is 5.69 Å². The maximum absolute atomic E-state index is 4.68. The summed E-state index contributed by atoms with van der Waals surface area (Å²) in [4.78, 5) is 4.68. The third kappa shape index (κ3) is 5.96. The average molecular weight is 474 g/mol. The van der Waals surface area contributed by atoms with Crippen molar-refractivity contribution in [3.63, 3.8) is 0 Å². The predicted molar refractivity (Wildman–Crippen MR) is 115 cm³/mol. The van der Waals surface area contributed by atoms with Crippen LogP contribution >= 0.6 is 24.0 Å². The number of aryl methyl sites for hydroxylation is 3. The monoisotopic (exact) mass is 474 g/mol. The first-order valence-electron chi connectivity index (χ1n) is 8.94. The maximum Gasteiger partial charge on any atom is 0.191 e. The summed E-state index contributed by atoms with van der Waals surface area (Å²) in [5.74, 6) is 1.85. The van der Waals surface area contributed by atoms with E-state index in [0.29, 0.717) is 0 Å². The van der Waals surface area contributed by atoms with Crippen molar-refractivity contribution in [3.05, 3.63) is 29.1 Å². The van der Waals surface area contributed by atoms with Crippen LogP contribution in [0.4, 0.5) is 0 Å². The quantitative estimate of drug-likeness (QED) is 0.345. The molecule has 2 heterocycles. The Morgan fingerprint density at radius 2 is 2.00 bits per heavy atom. The van der Waals surface area contributed by atoms with Crippen LogP contribution in [0.2, 0.25) is 0 Å². The lowest BCUT2D eigenvalue weighted by Gasteiger charge is -2.12. The minimum atomic E-state index is 0. The number of nitrogens with zero attached hydrogens (tertiary/aromatic N) is 6. The molecule has 26 heavy (non-hydrogen) atoms. The molecular formula is C17H31IN8. The van der Waals surface area contributed by atoms with Gasteiger partial charge in [-0.1, -0.05) is 6.92 Å². The van der Waals surface area contributed by atoms with Crippen LogP contribution in [0.1, 0.15) is 36.6 Å². The largest absolute Gasteiger partial charge is 0.357 e. The molecule has 2 aromatic heterocycles. The lowest BCUT2D eigenvalue weighted by Crippen LogP contribution is -2.39. The first-order valence-corrected chi connectivity index (χ1v) is 8.94. The SMILES string of the molecule is CCNC(=NCCc1c(C)nn(C)c1C)NCCn1cnnc1CC.I. The molecular weight excluding hydrogens is 443 g/mol. The summed E-state index contributed by atoms with van der Waals surface area (Å²) in [6, 6.07) is 0. The molecule has 146 valence electrons. The van der Waals surface area contributed by atoms with Crippen molar-refractivity contribution < 1.29 is 0 Å². The van der Waals surface area contributed by atoms with E-state index >= 15 is 0 Å². The molecule has 0 bridgehead atoms. The molecule has 0 saturated heterocycles. The number of aromatic nitrogens is 5. The molecule has 0 saturated carbocycles. The Labute approximate surface area is 172 Å². The predicted octanol–water partition coefficient (Wildman–Crippen LogP) is 1.61. The van der Waals surface area contributed by atoms with Crippen LogP contribution in [0.5, 0.6) is 0 Å². The minimum absolute atomic E-state index is 0. The highest BCUT2D eigenvalue weighted by Gasteiger charge is 2.08. The van der Waals surface area contributed by atoms with Crippen LogP contribution in [0, 0.1) is 13.8 Å². The van der Waals surface area contributed by atoms with Gasteiger partial charge in [-0.15, -0.1) is 34.2 Å². The van der Waals surface area contributed by atoms with Crippen LogP contribution < -0.4 is 10.6 Å². The molecule has 8 nitrogen and oxygen atoms in total. The van der Waals surface area contributed by atoms with E-state index in [-0.39, 0.29) is 24.0 Å². The fourth-order valence-corrected chi connectivity index (χ4v) is 2.83. The first kappa shape index (κ1) is 22.4. The normalized spacial score (nSPS) is 11.3. The zero-order chi connectivity index (χ0) is 18.2. The van der Waals surface area contributed by atoms with Crippen molar-refractivity contribution in [3.8, 4) is 0 Å². The highest BCUT2D eigenvalue weighted by atomic mass is 127. The number of aliphatic imine (C=N–C) groups is 1. The third-order valence-corrected chi connectivity index (χ3v) is 4.29. The number of rotatable bonds is 8. The highest BCUT2D eigenvalue weighted by molar-refractivity contribution is 14.0. The molecule has 0 aliphatic rings. The molecule has 2 rings (SSSR count). The van der Waals surface area contributed by atoms with Gasteiger partial charge >= 0.3 is 0 Å². The van der Waals surface area contributed by atoms with Gasteiger partial charge in [0.15, 0.2) is 5.96 Å². The molecule has 2 aromatic rings. The van der Waals surface area contributed by atoms with Gasteiger partial charge in [-0.05, 0) is 32.8 Å². The number of hydrogen-bond acceptors (Lipinski definition) is 4. The van der Waals surface area contributed by atoms with E-state index in [1.807, 2.05) is 11.7 Å². The van der Waals surface area contributed by atoms with Gasteiger partial charge in [0, 0.05) is 45.3 Å². The second kappa shape index (κ2) is 11.1. The smallest absolute Gasteiger partial charge is 0.191 e. The van der Waals surface area contributed by atoms with E-state index in [4.69, 9.17) is 0 Å². The molecule has 0 atom stereocenters. The van der Waals surface area contributed by atoms with Crippen molar-refractivity contribution in [2.75, 3.05) is 19.6 Å². The second-order valence-electron chi connectivity index (χ2n) is 6.00. The van der Waals surface area contributed by atoms with Crippen molar-refractivity contribution in [1.29, 1.82) is 0 Å². The molecule has 9 heteroatoms. The molecule has 2 N–H and O–H groups in total. The Morgan fingerprint density at radius 1 is 1.23 bits per heavy atom. The van der Waals surface area contributed by atoms with E-state index in [1.54, 1.807) is 6.33 Å². The number of hydrogen-bond donors (Lipinski definition) is 2. The molecule has 0 aliphatic heterocycles. The summed E-state index contributed by atoms with van der Waals surface area (Å²) >= 11 is 0. The summed E-state index contributed by atoms with van der Waals surface area (Å²) in [6.07, 6.45) is 3.56. The molecule has 0 spiro atoms. The van der Waals surface area contributed by atoms with Gasteiger partial charge in [-0.3, -0.25) is 9.67 Å². The van der Waals surface area contributed by atoms with E-state index < -0.39 is 0 Å². The molecule has 0 unspecified atom stereocenters. The fraction of sp³-hybridized carbons (Fsp3) is 0.647. The van der Waals surface area contributed by atoms with Crippen molar-refractivity contribution in [1.82, 2.24) is 35.2 Å². The molecule has 0 radical (unpaired) electrons. The summed E-state index contributed by atoms with van der Waals surface area (Å²) in [7, 11) is 1.98. The molecule has 0 aliphatic carbocycles. The lowest BCUT2D eigenvalue weighted by atomic mass is 10.1. The van der Waals surface area contributed by atoms with Crippen LogP contribution in [0.3, 0.4) is 0 Å². The van der Waals surface area contributed by atoms with Crippen LogP contribution in [-0.2, 0) is 26.4 Å². The fourth-order valence-electron chi connectivity index (χ4n) is 2.83. The second-order valence-corrected chi connectivity index (χ2v) is 6.00.